The molecule has 0 saturated carbocycles. The Morgan fingerprint density at radius 1 is 1.33 bits per heavy atom. The summed E-state index contributed by atoms with van der Waals surface area (Å²) in [6, 6.07) is 5.46. The first-order valence-electron chi connectivity index (χ1n) is 4.33. The number of benzene rings is 1. The molecule has 0 amide bonds. The maximum absolute atomic E-state index is 5.80. The molecule has 0 saturated heterocycles. The molecule has 0 aliphatic rings. The van der Waals surface area contributed by atoms with Gasteiger partial charge in [0.25, 0.3) is 0 Å². The summed E-state index contributed by atoms with van der Waals surface area (Å²) >= 11 is 5.80. The standard InChI is InChI=1S/C10H8ClN3O/c1-2-5-15-10-12-8-4-3-7(11)6-9(8)13-14-10/h2-4,6H,1,5H2. The molecule has 0 N–H and O–H groups in total. The minimum absolute atomic E-state index is 0.240. The van der Waals surface area contributed by atoms with Crippen LogP contribution in [0.25, 0.3) is 11.0 Å². The van der Waals surface area contributed by atoms with Crippen molar-refractivity contribution in [2.75, 3.05) is 6.61 Å². The van der Waals surface area contributed by atoms with Crippen molar-refractivity contribution in [2.45, 2.75) is 0 Å². The molecule has 0 aliphatic heterocycles. The zero-order valence-corrected chi connectivity index (χ0v) is 8.61. The molecule has 0 aliphatic carbocycles. The van der Waals surface area contributed by atoms with Crippen molar-refractivity contribution >= 4 is 22.6 Å². The van der Waals surface area contributed by atoms with Crippen molar-refractivity contribution in [3.63, 3.8) is 0 Å². The van der Waals surface area contributed by atoms with Gasteiger partial charge in [0.1, 0.15) is 12.1 Å². The Balaban J connectivity index is 2.38. The lowest BCUT2D eigenvalue weighted by Gasteiger charge is -2.01. The zero-order chi connectivity index (χ0) is 10.7. The lowest BCUT2D eigenvalue weighted by atomic mass is 10.3. The third-order valence-corrected chi connectivity index (χ3v) is 1.96. The van der Waals surface area contributed by atoms with Gasteiger partial charge in [-0.1, -0.05) is 29.4 Å². The Morgan fingerprint density at radius 3 is 3.00 bits per heavy atom. The number of aromatic nitrogens is 3. The molecule has 2 rings (SSSR count). The molecule has 1 heterocycles. The number of fused-ring (bicyclic) bond motifs is 1. The van der Waals surface area contributed by atoms with Gasteiger partial charge >= 0.3 is 6.01 Å². The Hall–Kier alpha value is -1.68. The first-order chi connectivity index (χ1) is 7.29. The molecule has 5 heteroatoms. The highest BCUT2D eigenvalue weighted by atomic mass is 35.5. The van der Waals surface area contributed by atoms with Crippen LogP contribution in [0.15, 0.2) is 30.9 Å². The fourth-order valence-corrected chi connectivity index (χ4v) is 1.25. The predicted octanol–water partition coefficient (Wildman–Crippen LogP) is 2.24. The molecule has 0 radical (unpaired) electrons. The SMILES string of the molecule is C=CCOc1nnc2cc(Cl)ccc2n1. The third-order valence-electron chi connectivity index (χ3n) is 1.73. The minimum Gasteiger partial charge on any atom is -0.458 e. The Morgan fingerprint density at radius 2 is 2.20 bits per heavy atom. The van der Waals surface area contributed by atoms with Crippen LogP contribution < -0.4 is 4.74 Å². The number of hydrogen-bond acceptors (Lipinski definition) is 4. The van der Waals surface area contributed by atoms with Crippen LogP contribution in [0.1, 0.15) is 0 Å². The van der Waals surface area contributed by atoms with E-state index in [1.165, 1.54) is 0 Å². The molecule has 15 heavy (non-hydrogen) atoms. The molecule has 1 aromatic carbocycles. The smallest absolute Gasteiger partial charge is 0.336 e. The molecule has 1 aromatic heterocycles. The quantitative estimate of drug-likeness (QED) is 0.746. The summed E-state index contributed by atoms with van der Waals surface area (Å²) in [6.45, 7) is 3.89. The molecular formula is C10H8ClN3O. The first kappa shape index (κ1) is 9.86. The van der Waals surface area contributed by atoms with Gasteiger partial charge in [-0.05, 0) is 18.2 Å². The zero-order valence-electron chi connectivity index (χ0n) is 7.85. The second-order valence-corrected chi connectivity index (χ2v) is 3.26. The highest BCUT2D eigenvalue weighted by Crippen LogP contribution is 2.16. The number of hydrogen-bond donors (Lipinski definition) is 0. The lowest BCUT2D eigenvalue weighted by molar-refractivity contribution is 0.330. The first-order valence-corrected chi connectivity index (χ1v) is 4.71. The summed E-state index contributed by atoms with van der Waals surface area (Å²) in [5.41, 5.74) is 1.35. The van der Waals surface area contributed by atoms with Crippen LogP contribution in [0.4, 0.5) is 0 Å². The largest absolute Gasteiger partial charge is 0.458 e. The van der Waals surface area contributed by atoms with Gasteiger partial charge in [0.05, 0.1) is 5.52 Å². The van der Waals surface area contributed by atoms with Gasteiger partial charge < -0.3 is 4.74 Å². The van der Waals surface area contributed by atoms with Crippen molar-refractivity contribution in [2.24, 2.45) is 0 Å². The van der Waals surface area contributed by atoms with Crippen molar-refractivity contribution in [3.8, 4) is 6.01 Å². The third kappa shape index (κ3) is 2.22. The minimum atomic E-state index is 0.240. The Bertz CT molecular complexity index is 501. The van der Waals surface area contributed by atoms with Gasteiger partial charge in [0, 0.05) is 5.02 Å². The van der Waals surface area contributed by atoms with E-state index in [0.29, 0.717) is 22.7 Å². The van der Waals surface area contributed by atoms with E-state index in [-0.39, 0.29) is 6.01 Å². The van der Waals surface area contributed by atoms with E-state index < -0.39 is 0 Å². The summed E-state index contributed by atoms with van der Waals surface area (Å²) in [4.78, 5) is 4.15. The number of rotatable bonds is 3. The van der Waals surface area contributed by atoms with Crippen molar-refractivity contribution in [1.29, 1.82) is 0 Å². The molecule has 2 aromatic rings. The van der Waals surface area contributed by atoms with Crippen LogP contribution in [0, 0.1) is 0 Å². The van der Waals surface area contributed by atoms with Gasteiger partial charge in [0.15, 0.2) is 0 Å². The highest BCUT2D eigenvalue weighted by Gasteiger charge is 2.02. The van der Waals surface area contributed by atoms with Crippen molar-refractivity contribution in [3.05, 3.63) is 35.9 Å². The van der Waals surface area contributed by atoms with E-state index in [0.717, 1.165) is 0 Å². The van der Waals surface area contributed by atoms with Crippen LogP contribution >= 0.6 is 11.6 Å². The average molecular weight is 222 g/mol. The van der Waals surface area contributed by atoms with Gasteiger partial charge in [-0.15, -0.1) is 5.10 Å². The molecule has 0 bridgehead atoms. The molecule has 0 unspecified atom stereocenters. The van der Waals surface area contributed by atoms with E-state index in [2.05, 4.69) is 21.8 Å². The molecule has 0 fully saturated rings. The molecule has 0 atom stereocenters. The van der Waals surface area contributed by atoms with Gasteiger partial charge in [-0.2, -0.15) is 4.98 Å². The summed E-state index contributed by atoms with van der Waals surface area (Å²) in [7, 11) is 0. The second kappa shape index (κ2) is 4.23. The van der Waals surface area contributed by atoms with Crippen LogP contribution in [-0.4, -0.2) is 21.8 Å². The number of halogens is 1. The summed E-state index contributed by atoms with van der Waals surface area (Å²) in [5.74, 6) is 0. The highest BCUT2D eigenvalue weighted by molar-refractivity contribution is 6.31. The van der Waals surface area contributed by atoms with Crippen LogP contribution in [-0.2, 0) is 0 Å². The monoisotopic (exact) mass is 221 g/mol. The van der Waals surface area contributed by atoms with E-state index >= 15 is 0 Å². The maximum atomic E-state index is 5.80. The fourth-order valence-electron chi connectivity index (χ4n) is 1.09. The molecule has 0 spiro atoms. The van der Waals surface area contributed by atoms with Gasteiger partial charge in [-0.25, -0.2) is 0 Å². The summed E-state index contributed by atoms with van der Waals surface area (Å²) in [6.07, 6.45) is 1.62. The van der Waals surface area contributed by atoms with Crippen LogP contribution in [0.2, 0.25) is 5.02 Å². The molecule has 76 valence electrons. The topological polar surface area (TPSA) is 47.9 Å². The molecular weight excluding hydrogens is 214 g/mol. The Labute approximate surface area is 91.6 Å². The normalized spacial score (nSPS) is 10.2. The van der Waals surface area contributed by atoms with Gasteiger partial charge in [0.2, 0.25) is 0 Å². The number of nitrogens with zero attached hydrogens (tertiary/aromatic N) is 3. The van der Waals surface area contributed by atoms with E-state index in [9.17, 15) is 0 Å². The average Bonchev–Trinajstić information content (AvgIpc) is 2.26. The summed E-state index contributed by atoms with van der Waals surface area (Å²) < 4.78 is 5.16. The van der Waals surface area contributed by atoms with Crippen LogP contribution in [0.5, 0.6) is 6.01 Å². The van der Waals surface area contributed by atoms with E-state index in [4.69, 9.17) is 16.3 Å². The second-order valence-electron chi connectivity index (χ2n) is 2.83. The molecule has 4 nitrogen and oxygen atoms in total. The van der Waals surface area contributed by atoms with E-state index in [1.54, 1.807) is 24.3 Å². The van der Waals surface area contributed by atoms with E-state index in [1.807, 2.05) is 0 Å². The van der Waals surface area contributed by atoms with Crippen LogP contribution in [0.3, 0.4) is 0 Å². The van der Waals surface area contributed by atoms with Gasteiger partial charge in [-0.3, -0.25) is 0 Å². The van der Waals surface area contributed by atoms with Crippen molar-refractivity contribution in [1.82, 2.24) is 15.2 Å². The fraction of sp³-hybridized carbons (Fsp3) is 0.100. The lowest BCUT2D eigenvalue weighted by Crippen LogP contribution is -2.00. The Kier molecular flexibility index (Phi) is 2.78. The maximum Gasteiger partial charge on any atom is 0.336 e. The predicted molar refractivity (Wildman–Crippen MR) is 58.0 cm³/mol. The number of ether oxygens (including phenoxy) is 1. The van der Waals surface area contributed by atoms with Crippen molar-refractivity contribution < 1.29 is 4.74 Å². The summed E-state index contributed by atoms with van der Waals surface area (Å²) in [5, 5.41) is 8.34.